The highest BCUT2D eigenvalue weighted by atomic mass is 16.4. The van der Waals surface area contributed by atoms with E-state index in [1.807, 2.05) is 33.8 Å². The first kappa shape index (κ1) is 14.6. The van der Waals surface area contributed by atoms with Gasteiger partial charge >= 0.3 is 5.97 Å². The van der Waals surface area contributed by atoms with E-state index < -0.39 is 11.9 Å². The molecule has 1 fully saturated rings. The maximum atomic E-state index is 12.6. The minimum atomic E-state index is -0.813. The molecule has 0 aromatic carbocycles. The lowest BCUT2D eigenvalue weighted by atomic mass is 10.0. The van der Waals surface area contributed by atoms with Crippen LogP contribution in [0, 0.1) is 19.8 Å². The van der Waals surface area contributed by atoms with E-state index in [1.165, 1.54) is 0 Å². The minimum Gasteiger partial charge on any atom is -0.481 e. The Balaban J connectivity index is 2.27. The fourth-order valence-electron chi connectivity index (χ4n) is 3.22. The molecule has 110 valence electrons. The Morgan fingerprint density at radius 1 is 1.40 bits per heavy atom. The molecule has 1 aromatic heterocycles. The van der Waals surface area contributed by atoms with Crippen molar-refractivity contribution >= 4 is 11.9 Å². The average molecular weight is 278 g/mol. The van der Waals surface area contributed by atoms with Gasteiger partial charge in [-0.15, -0.1) is 0 Å². The SMILES string of the molecule is CCn1c(C)cc(C(=O)N2CCC(C(=O)O)C2C)c1C. The van der Waals surface area contributed by atoms with Gasteiger partial charge in [0.05, 0.1) is 11.5 Å². The second kappa shape index (κ2) is 5.31. The van der Waals surface area contributed by atoms with Crippen molar-refractivity contribution in [2.45, 2.75) is 46.7 Å². The van der Waals surface area contributed by atoms with Crippen LogP contribution in [0.3, 0.4) is 0 Å². The third-order valence-corrected chi connectivity index (χ3v) is 4.45. The molecule has 5 nitrogen and oxygen atoms in total. The van der Waals surface area contributed by atoms with Crippen molar-refractivity contribution in [3.8, 4) is 0 Å². The lowest BCUT2D eigenvalue weighted by Gasteiger charge is -2.23. The van der Waals surface area contributed by atoms with E-state index in [-0.39, 0.29) is 11.9 Å². The number of rotatable bonds is 3. The number of amides is 1. The Hall–Kier alpha value is -1.78. The average Bonchev–Trinajstić information content (AvgIpc) is 2.89. The quantitative estimate of drug-likeness (QED) is 0.920. The van der Waals surface area contributed by atoms with Gasteiger partial charge in [0.15, 0.2) is 0 Å². The van der Waals surface area contributed by atoms with Gasteiger partial charge in [-0.1, -0.05) is 0 Å². The molecule has 0 saturated carbocycles. The molecule has 0 bridgehead atoms. The predicted molar refractivity (Wildman–Crippen MR) is 75.8 cm³/mol. The van der Waals surface area contributed by atoms with Gasteiger partial charge in [0.2, 0.25) is 0 Å². The van der Waals surface area contributed by atoms with Gasteiger partial charge in [0, 0.05) is 30.5 Å². The molecule has 1 N–H and O–H groups in total. The van der Waals surface area contributed by atoms with E-state index in [1.54, 1.807) is 4.90 Å². The molecule has 1 saturated heterocycles. The van der Waals surface area contributed by atoms with Crippen LogP contribution in [0.4, 0.5) is 0 Å². The van der Waals surface area contributed by atoms with Gasteiger partial charge in [0.1, 0.15) is 0 Å². The monoisotopic (exact) mass is 278 g/mol. The summed E-state index contributed by atoms with van der Waals surface area (Å²) < 4.78 is 2.10. The minimum absolute atomic E-state index is 0.0472. The molecular weight excluding hydrogens is 256 g/mol. The molecule has 0 aliphatic carbocycles. The van der Waals surface area contributed by atoms with Gasteiger partial charge in [-0.25, -0.2) is 0 Å². The van der Waals surface area contributed by atoms with Crippen LogP contribution in [-0.4, -0.2) is 39.0 Å². The zero-order chi connectivity index (χ0) is 15.0. The number of carboxylic acid groups (broad SMARTS) is 1. The Labute approximate surface area is 119 Å². The smallest absolute Gasteiger partial charge is 0.308 e. The van der Waals surface area contributed by atoms with E-state index in [9.17, 15) is 9.59 Å². The Bertz CT molecular complexity index is 548. The fourth-order valence-corrected chi connectivity index (χ4v) is 3.22. The molecule has 2 unspecified atom stereocenters. The second-order valence-electron chi connectivity index (χ2n) is 5.50. The van der Waals surface area contributed by atoms with Crippen LogP contribution in [0.5, 0.6) is 0 Å². The van der Waals surface area contributed by atoms with Gasteiger partial charge in [-0.3, -0.25) is 9.59 Å². The third kappa shape index (κ3) is 2.21. The van der Waals surface area contributed by atoms with Crippen molar-refractivity contribution in [1.82, 2.24) is 9.47 Å². The van der Waals surface area contributed by atoms with Crippen molar-refractivity contribution in [2.24, 2.45) is 5.92 Å². The maximum absolute atomic E-state index is 12.6. The van der Waals surface area contributed by atoms with Gasteiger partial charge in [-0.2, -0.15) is 0 Å². The first-order valence-electron chi connectivity index (χ1n) is 7.09. The number of aryl methyl sites for hydroxylation is 1. The zero-order valence-corrected chi connectivity index (χ0v) is 12.5. The summed E-state index contributed by atoms with van der Waals surface area (Å²) >= 11 is 0. The summed E-state index contributed by atoms with van der Waals surface area (Å²) in [4.78, 5) is 25.5. The molecule has 2 heterocycles. The highest BCUT2D eigenvalue weighted by molar-refractivity contribution is 5.96. The number of carbonyl (C=O) groups excluding carboxylic acids is 1. The zero-order valence-electron chi connectivity index (χ0n) is 12.5. The standard InChI is InChI=1S/C15H22N2O3/c1-5-16-9(2)8-13(11(16)4)14(18)17-7-6-12(10(17)3)15(19)20/h8,10,12H,5-7H2,1-4H3,(H,19,20). The molecule has 5 heteroatoms. The topological polar surface area (TPSA) is 62.5 Å². The van der Waals surface area contributed by atoms with Gasteiger partial charge in [0.25, 0.3) is 5.91 Å². The second-order valence-corrected chi connectivity index (χ2v) is 5.50. The summed E-state index contributed by atoms with van der Waals surface area (Å²) in [5.41, 5.74) is 2.72. The summed E-state index contributed by atoms with van der Waals surface area (Å²) in [6, 6.07) is 1.66. The van der Waals surface area contributed by atoms with Crippen molar-refractivity contribution < 1.29 is 14.7 Å². The van der Waals surface area contributed by atoms with Crippen LogP contribution in [0.25, 0.3) is 0 Å². The first-order valence-corrected chi connectivity index (χ1v) is 7.09. The fraction of sp³-hybridized carbons (Fsp3) is 0.600. The molecule has 20 heavy (non-hydrogen) atoms. The largest absolute Gasteiger partial charge is 0.481 e. The van der Waals surface area contributed by atoms with Gasteiger partial charge < -0.3 is 14.6 Å². The van der Waals surface area contributed by atoms with Gasteiger partial charge in [-0.05, 0) is 40.2 Å². The normalized spacial score (nSPS) is 22.3. The lowest BCUT2D eigenvalue weighted by Crippen LogP contribution is -2.37. The number of likely N-dealkylation sites (tertiary alicyclic amines) is 1. The summed E-state index contributed by atoms with van der Waals surface area (Å²) in [6.07, 6.45) is 0.536. The molecule has 1 amide bonds. The van der Waals surface area contributed by atoms with Crippen molar-refractivity contribution in [3.05, 3.63) is 23.0 Å². The van der Waals surface area contributed by atoms with Crippen molar-refractivity contribution in [2.75, 3.05) is 6.54 Å². The summed E-state index contributed by atoms with van der Waals surface area (Å²) in [5.74, 6) is -1.31. The Kier molecular flexibility index (Phi) is 3.88. The molecule has 0 radical (unpaired) electrons. The van der Waals surface area contributed by atoms with Crippen LogP contribution < -0.4 is 0 Å². The van der Waals surface area contributed by atoms with E-state index in [0.717, 1.165) is 17.9 Å². The Morgan fingerprint density at radius 3 is 2.50 bits per heavy atom. The number of carbonyl (C=O) groups is 2. The number of aromatic nitrogens is 1. The molecule has 1 aromatic rings. The summed E-state index contributed by atoms with van der Waals surface area (Å²) in [6.45, 7) is 9.15. The molecule has 2 rings (SSSR count). The number of nitrogens with zero attached hydrogens (tertiary/aromatic N) is 2. The van der Waals surface area contributed by atoms with Crippen molar-refractivity contribution in [1.29, 1.82) is 0 Å². The summed E-state index contributed by atoms with van der Waals surface area (Å²) in [7, 11) is 0. The molecule has 1 aliphatic heterocycles. The molecule has 2 atom stereocenters. The van der Waals surface area contributed by atoms with Crippen LogP contribution in [0.1, 0.15) is 42.0 Å². The maximum Gasteiger partial charge on any atom is 0.308 e. The summed E-state index contributed by atoms with van der Waals surface area (Å²) in [5, 5.41) is 9.15. The van der Waals surface area contributed by atoms with Crippen molar-refractivity contribution in [3.63, 3.8) is 0 Å². The number of aliphatic carboxylic acids is 1. The number of hydrogen-bond donors (Lipinski definition) is 1. The van der Waals surface area contributed by atoms with E-state index in [0.29, 0.717) is 18.5 Å². The number of hydrogen-bond acceptors (Lipinski definition) is 2. The van der Waals surface area contributed by atoms with E-state index in [4.69, 9.17) is 5.11 Å². The van der Waals surface area contributed by atoms with E-state index in [2.05, 4.69) is 4.57 Å². The van der Waals surface area contributed by atoms with Crippen LogP contribution in [0.2, 0.25) is 0 Å². The molecular formula is C15H22N2O3. The number of carboxylic acids is 1. The van der Waals surface area contributed by atoms with Crippen LogP contribution in [0.15, 0.2) is 6.07 Å². The lowest BCUT2D eigenvalue weighted by molar-refractivity contribution is -0.142. The first-order chi connectivity index (χ1) is 9.38. The Morgan fingerprint density at radius 2 is 2.05 bits per heavy atom. The highest BCUT2D eigenvalue weighted by Crippen LogP contribution is 2.27. The molecule has 1 aliphatic rings. The highest BCUT2D eigenvalue weighted by Gasteiger charge is 2.39. The van der Waals surface area contributed by atoms with E-state index >= 15 is 0 Å². The van der Waals surface area contributed by atoms with Crippen LogP contribution >= 0.6 is 0 Å². The third-order valence-electron chi connectivity index (χ3n) is 4.45. The molecule has 0 spiro atoms. The van der Waals surface area contributed by atoms with Crippen LogP contribution in [-0.2, 0) is 11.3 Å². The predicted octanol–water partition coefficient (Wildman–Crippen LogP) is 2.06.